The van der Waals surface area contributed by atoms with Gasteiger partial charge < -0.3 is 10.0 Å². The van der Waals surface area contributed by atoms with Gasteiger partial charge in [0.05, 0.1) is 0 Å². The van der Waals surface area contributed by atoms with E-state index in [-0.39, 0.29) is 17.9 Å². The van der Waals surface area contributed by atoms with E-state index in [9.17, 15) is 4.79 Å². The lowest BCUT2D eigenvalue weighted by Crippen LogP contribution is -2.45. The monoisotopic (exact) mass is 219 g/mol. The van der Waals surface area contributed by atoms with Crippen molar-refractivity contribution < 1.29 is 9.90 Å². The van der Waals surface area contributed by atoms with Gasteiger partial charge in [0.15, 0.2) is 0 Å². The van der Waals surface area contributed by atoms with Crippen molar-refractivity contribution in [1.29, 1.82) is 0 Å². The number of aliphatic hydroxyl groups is 1. The summed E-state index contributed by atoms with van der Waals surface area (Å²) >= 11 is 5.73. The molecule has 3 nitrogen and oxygen atoms in total. The summed E-state index contributed by atoms with van der Waals surface area (Å²) in [6, 6.07) is 0. The first-order valence-electron chi connectivity index (χ1n) is 5.02. The summed E-state index contributed by atoms with van der Waals surface area (Å²) in [7, 11) is 0. The first kappa shape index (κ1) is 11.8. The average molecular weight is 220 g/mol. The molecule has 0 radical (unpaired) electrons. The molecule has 0 aromatic heterocycles. The highest BCUT2D eigenvalue weighted by Crippen LogP contribution is 2.30. The van der Waals surface area contributed by atoms with E-state index in [0.717, 1.165) is 12.8 Å². The third-order valence-electron chi connectivity index (χ3n) is 3.00. The third kappa shape index (κ3) is 2.61. The molecule has 0 aromatic carbocycles. The molecule has 0 spiro atoms. The maximum atomic E-state index is 11.5. The van der Waals surface area contributed by atoms with Gasteiger partial charge in [-0.25, -0.2) is 0 Å². The second-order valence-corrected chi connectivity index (χ2v) is 5.06. The Bertz CT molecular complexity index is 210. The number of rotatable bonds is 2. The Morgan fingerprint density at radius 3 is 2.43 bits per heavy atom. The van der Waals surface area contributed by atoms with E-state index < -0.39 is 5.38 Å². The minimum Gasteiger partial charge on any atom is -0.396 e. The molecule has 1 heterocycles. The summed E-state index contributed by atoms with van der Waals surface area (Å²) in [6.45, 7) is 5.38. The highest BCUT2D eigenvalue weighted by Gasteiger charge is 2.32. The summed E-state index contributed by atoms with van der Waals surface area (Å²) in [6.07, 6.45) is 1.72. The van der Waals surface area contributed by atoms with Crippen LogP contribution < -0.4 is 0 Å². The average Bonchev–Trinajstić information content (AvgIpc) is 2.18. The van der Waals surface area contributed by atoms with Crippen molar-refractivity contribution in [3.05, 3.63) is 0 Å². The third-order valence-corrected chi connectivity index (χ3v) is 3.19. The number of hydrogen-bond acceptors (Lipinski definition) is 2. The van der Waals surface area contributed by atoms with Crippen molar-refractivity contribution in [1.82, 2.24) is 4.90 Å². The van der Waals surface area contributed by atoms with Crippen LogP contribution in [-0.4, -0.2) is 41.0 Å². The molecule has 1 rings (SSSR count). The zero-order valence-electron chi connectivity index (χ0n) is 8.79. The molecule has 1 aliphatic heterocycles. The van der Waals surface area contributed by atoms with Gasteiger partial charge in [-0.15, -0.1) is 11.6 Å². The van der Waals surface area contributed by atoms with Crippen LogP contribution in [0.15, 0.2) is 0 Å². The van der Waals surface area contributed by atoms with Crippen molar-refractivity contribution in [2.45, 2.75) is 32.1 Å². The van der Waals surface area contributed by atoms with E-state index in [1.807, 2.05) is 0 Å². The highest BCUT2D eigenvalue weighted by molar-refractivity contribution is 6.30. The van der Waals surface area contributed by atoms with Crippen LogP contribution in [0, 0.1) is 5.41 Å². The van der Waals surface area contributed by atoms with Crippen LogP contribution in [0.2, 0.25) is 0 Å². The number of aliphatic hydroxyl groups excluding tert-OH is 1. The molecule has 1 atom stereocenters. The van der Waals surface area contributed by atoms with Crippen LogP contribution in [0.1, 0.15) is 26.7 Å². The van der Waals surface area contributed by atoms with Gasteiger partial charge in [-0.2, -0.15) is 0 Å². The molecule has 0 unspecified atom stereocenters. The zero-order valence-corrected chi connectivity index (χ0v) is 9.55. The molecule has 82 valence electrons. The summed E-state index contributed by atoms with van der Waals surface area (Å²) in [4.78, 5) is 13.3. The largest absolute Gasteiger partial charge is 0.396 e. The van der Waals surface area contributed by atoms with Gasteiger partial charge in [0.1, 0.15) is 5.38 Å². The number of alkyl halides is 1. The Kier molecular flexibility index (Phi) is 3.78. The maximum absolute atomic E-state index is 11.5. The summed E-state index contributed by atoms with van der Waals surface area (Å²) in [5.41, 5.74) is -0.00761. The molecule has 0 saturated carbocycles. The Labute approximate surface area is 90.0 Å². The first-order chi connectivity index (χ1) is 6.48. The summed E-state index contributed by atoms with van der Waals surface area (Å²) in [5, 5.41) is 8.72. The lowest BCUT2D eigenvalue weighted by atomic mass is 9.81. The number of hydrogen-bond donors (Lipinski definition) is 1. The number of nitrogens with zero attached hydrogens (tertiary/aromatic N) is 1. The second-order valence-electron chi connectivity index (χ2n) is 4.41. The number of carbonyl (C=O) groups is 1. The molecular formula is C10H18ClNO2. The van der Waals surface area contributed by atoms with Gasteiger partial charge >= 0.3 is 0 Å². The number of halogens is 1. The molecule has 1 saturated heterocycles. The van der Waals surface area contributed by atoms with Crippen LogP contribution in [0.5, 0.6) is 0 Å². The van der Waals surface area contributed by atoms with Gasteiger partial charge in [-0.3, -0.25) is 4.79 Å². The summed E-state index contributed by atoms with van der Waals surface area (Å²) < 4.78 is 0. The Balaban J connectivity index is 2.47. The highest BCUT2D eigenvalue weighted by atomic mass is 35.5. The van der Waals surface area contributed by atoms with Crippen LogP contribution in [0.25, 0.3) is 0 Å². The van der Waals surface area contributed by atoms with Gasteiger partial charge in [-0.1, -0.05) is 6.92 Å². The SMILES string of the molecule is C[C@H](Cl)C(=O)N1CCC(C)(CO)CC1. The number of likely N-dealkylation sites (tertiary alicyclic amines) is 1. The van der Waals surface area contributed by atoms with E-state index in [4.69, 9.17) is 16.7 Å². The fourth-order valence-electron chi connectivity index (χ4n) is 1.68. The minimum absolute atomic E-state index is 0.00616. The number of piperidine rings is 1. The van der Waals surface area contributed by atoms with E-state index in [2.05, 4.69) is 6.92 Å². The number of carbonyl (C=O) groups excluding carboxylic acids is 1. The Hall–Kier alpha value is -0.280. The van der Waals surface area contributed by atoms with Gasteiger partial charge in [0.25, 0.3) is 0 Å². The van der Waals surface area contributed by atoms with Crippen molar-refractivity contribution in [2.24, 2.45) is 5.41 Å². The molecule has 14 heavy (non-hydrogen) atoms. The van der Waals surface area contributed by atoms with E-state index in [1.165, 1.54) is 0 Å². The van der Waals surface area contributed by atoms with Gasteiger partial charge in [0, 0.05) is 19.7 Å². The Morgan fingerprint density at radius 2 is 2.07 bits per heavy atom. The molecule has 0 aromatic rings. The fourth-order valence-corrected chi connectivity index (χ4v) is 1.81. The molecule has 0 bridgehead atoms. The van der Waals surface area contributed by atoms with E-state index in [0.29, 0.717) is 13.1 Å². The normalized spacial score (nSPS) is 23.3. The molecule has 1 aliphatic rings. The quantitative estimate of drug-likeness (QED) is 0.710. The topological polar surface area (TPSA) is 40.5 Å². The Morgan fingerprint density at radius 1 is 1.57 bits per heavy atom. The van der Waals surface area contributed by atoms with Gasteiger partial charge in [0.2, 0.25) is 5.91 Å². The molecule has 1 N–H and O–H groups in total. The summed E-state index contributed by atoms with van der Waals surface area (Å²) in [5.74, 6) is 0.00616. The number of amides is 1. The van der Waals surface area contributed by atoms with Crippen LogP contribution in [-0.2, 0) is 4.79 Å². The van der Waals surface area contributed by atoms with Crippen molar-refractivity contribution >= 4 is 17.5 Å². The molecule has 1 fully saturated rings. The molecule has 4 heteroatoms. The standard InChI is InChI=1S/C10H18ClNO2/c1-8(11)9(14)12-5-3-10(2,7-13)4-6-12/h8,13H,3-7H2,1-2H3/t8-/m0/s1. The molecule has 1 amide bonds. The van der Waals surface area contributed by atoms with Crippen molar-refractivity contribution in [2.75, 3.05) is 19.7 Å². The lowest BCUT2D eigenvalue weighted by Gasteiger charge is -2.38. The predicted octanol–water partition coefficient (Wildman–Crippen LogP) is 1.23. The van der Waals surface area contributed by atoms with E-state index >= 15 is 0 Å². The van der Waals surface area contributed by atoms with Gasteiger partial charge in [-0.05, 0) is 25.2 Å². The fraction of sp³-hybridized carbons (Fsp3) is 0.900. The minimum atomic E-state index is -0.437. The molecular weight excluding hydrogens is 202 g/mol. The van der Waals surface area contributed by atoms with Crippen LogP contribution in [0.4, 0.5) is 0 Å². The predicted molar refractivity (Wildman–Crippen MR) is 56.3 cm³/mol. The zero-order chi connectivity index (χ0) is 10.8. The van der Waals surface area contributed by atoms with Crippen LogP contribution in [0.3, 0.4) is 0 Å². The molecule has 0 aliphatic carbocycles. The first-order valence-corrected chi connectivity index (χ1v) is 5.46. The van der Waals surface area contributed by atoms with E-state index in [1.54, 1.807) is 11.8 Å². The van der Waals surface area contributed by atoms with Crippen LogP contribution >= 0.6 is 11.6 Å². The lowest BCUT2D eigenvalue weighted by molar-refractivity contribution is -0.133. The van der Waals surface area contributed by atoms with Crippen molar-refractivity contribution in [3.8, 4) is 0 Å². The maximum Gasteiger partial charge on any atom is 0.240 e. The second kappa shape index (κ2) is 4.49. The smallest absolute Gasteiger partial charge is 0.240 e. The van der Waals surface area contributed by atoms with Crippen molar-refractivity contribution in [3.63, 3.8) is 0 Å².